The van der Waals surface area contributed by atoms with Gasteiger partial charge in [-0.2, -0.15) is 12.6 Å². The molecule has 2 heteroatoms. The van der Waals surface area contributed by atoms with E-state index in [1.165, 1.54) is 70.8 Å². The minimum Gasteiger partial charge on any atom is -0.303 e. The third-order valence-corrected chi connectivity index (χ3v) is 4.18. The molecule has 1 rings (SSSR count). The highest BCUT2D eigenvalue weighted by Crippen LogP contribution is 2.21. The maximum Gasteiger partial charge on any atom is 0.00922 e. The molecule has 0 aromatic heterocycles. The van der Waals surface area contributed by atoms with Crippen molar-refractivity contribution in [1.29, 1.82) is 0 Å². The van der Waals surface area contributed by atoms with Gasteiger partial charge in [0.05, 0.1) is 0 Å². The predicted octanol–water partition coefficient (Wildman–Crippen LogP) is 4.13. The molecule has 0 saturated heterocycles. The van der Waals surface area contributed by atoms with E-state index in [1.807, 2.05) is 0 Å². The van der Waals surface area contributed by atoms with Gasteiger partial charge in [0, 0.05) is 6.04 Å². The fourth-order valence-electron chi connectivity index (χ4n) is 2.71. The molecular weight excluding hydrogens is 214 g/mol. The first-order valence-electron chi connectivity index (χ1n) is 7.15. The van der Waals surface area contributed by atoms with Crippen LogP contribution in [-0.2, 0) is 0 Å². The first-order valence-corrected chi connectivity index (χ1v) is 7.79. The van der Waals surface area contributed by atoms with Crippen LogP contribution in [0.25, 0.3) is 0 Å². The van der Waals surface area contributed by atoms with Gasteiger partial charge in [-0.15, -0.1) is 0 Å². The molecule has 96 valence electrons. The Morgan fingerprint density at radius 2 is 1.56 bits per heavy atom. The zero-order valence-electron chi connectivity index (χ0n) is 11.0. The Morgan fingerprint density at radius 3 is 2.19 bits per heavy atom. The molecule has 0 aliphatic heterocycles. The van der Waals surface area contributed by atoms with Crippen molar-refractivity contribution in [3.05, 3.63) is 0 Å². The lowest BCUT2D eigenvalue weighted by Gasteiger charge is -2.26. The van der Waals surface area contributed by atoms with Gasteiger partial charge in [-0.1, -0.05) is 38.5 Å². The van der Waals surface area contributed by atoms with E-state index in [-0.39, 0.29) is 0 Å². The Kier molecular flexibility index (Phi) is 8.40. The van der Waals surface area contributed by atoms with Crippen LogP contribution < -0.4 is 0 Å². The van der Waals surface area contributed by atoms with Gasteiger partial charge in [-0.25, -0.2) is 0 Å². The van der Waals surface area contributed by atoms with Gasteiger partial charge in [0.25, 0.3) is 0 Å². The first kappa shape index (κ1) is 14.4. The predicted molar refractivity (Wildman–Crippen MR) is 76.4 cm³/mol. The molecule has 0 atom stereocenters. The Balaban J connectivity index is 2.05. The van der Waals surface area contributed by atoms with Gasteiger partial charge in [0.1, 0.15) is 0 Å². The van der Waals surface area contributed by atoms with Gasteiger partial charge in [0.2, 0.25) is 0 Å². The van der Waals surface area contributed by atoms with E-state index in [9.17, 15) is 0 Å². The summed E-state index contributed by atoms with van der Waals surface area (Å²) in [7, 11) is 2.33. The molecule has 1 saturated carbocycles. The van der Waals surface area contributed by atoms with Crippen molar-refractivity contribution in [2.45, 2.75) is 70.3 Å². The molecule has 0 radical (unpaired) electrons. The lowest BCUT2D eigenvalue weighted by molar-refractivity contribution is 0.216. The number of hydrogen-bond acceptors (Lipinski definition) is 2. The van der Waals surface area contributed by atoms with Gasteiger partial charge in [-0.3, -0.25) is 0 Å². The molecule has 1 nitrogen and oxygen atoms in total. The highest BCUT2D eigenvalue weighted by atomic mass is 32.1. The van der Waals surface area contributed by atoms with E-state index in [0.29, 0.717) is 0 Å². The molecular formula is C14H29NS. The van der Waals surface area contributed by atoms with E-state index in [1.54, 1.807) is 0 Å². The van der Waals surface area contributed by atoms with E-state index in [0.717, 1.165) is 11.8 Å². The largest absolute Gasteiger partial charge is 0.303 e. The fourth-order valence-corrected chi connectivity index (χ4v) is 2.93. The molecule has 0 bridgehead atoms. The summed E-state index contributed by atoms with van der Waals surface area (Å²) >= 11 is 4.25. The van der Waals surface area contributed by atoms with Crippen LogP contribution in [-0.4, -0.2) is 30.3 Å². The molecule has 1 fully saturated rings. The lowest BCUT2D eigenvalue weighted by atomic mass is 10.1. The summed E-state index contributed by atoms with van der Waals surface area (Å²) in [4.78, 5) is 2.62. The van der Waals surface area contributed by atoms with Crippen LogP contribution in [0.4, 0.5) is 0 Å². The fraction of sp³-hybridized carbons (Fsp3) is 1.00. The minimum atomic E-state index is 0.882. The van der Waals surface area contributed by atoms with E-state index in [2.05, 4.69) is 24.6 Å². The topological polar surface area (TPSA) is 3.24 Å². The number of rotatable bonds is 7. The first-order chi connectivity index (χ1) is 7.84. The molecule has 0 aromatic carbocycles. The van der Waals surface area contributed by atoms with Crippen LogP contribution in [0.2, 0.25) is 0 Å². The average molecular weight is 243 g/mol. The van der Waals surface area contributed by atoms with Crippen LogP contribution >= 0.6 is 12.6 Å². The van der Waals surface area contributed by atoms with Crippen LogP contribution in [0.3, 0.4) is 0 Å². The summed E-state index contributed by atoms with van der Waals surface area (Å²) in [6, 6.07) is 0.882. The monoisotopic (exact) mass is 243 g/mol. The minimum absolute atomic E-state index is 0.882. The average Bonchev–Trinajstić information content (AvgIpc) is 2.57. The second-order valence-corrected chi connectivity index (χ2v) is 5.71. The van der Waals surface area contributed by atoms with Gasteiger partial charge < -0.3 is 4.90 Å². The second kappa shape index (κ2) is 9.35. The highest BCUT2D eigenvalue weighted by molar-refractivity contribution is 7.80. The molecule has 0 spiro atoms. The summed E-state index contributed by atoms with van der Waals surface area (Å²) in [5.41, 5.74) is 0. The van der Waals surface area contributed by atoms with Crippen LogP contribution in [0.1, 0.15) is 64.2 Å². The van der Waals surface area contributed by atoms with Gasteiger partial charge in [0.15, 0.2) is 0 Å². The van der Waals surface area contributed by atoms with Crippen molar-refractivity contribution in [2.75, 3.05) is 19.3 Å². The quantitative estimate of drug-likeness (QED) is 0.400. The molecule has 16 heavy (non-hydrogen) atoms. The van der Waals surface area contributed by atoms with E-state index in [4.69, 9.17) is 0 Å². The Morgan fingerprint density at radius 1 is 0.938 bits per heavy atom. The normalized spacial score (nSPS) is 18.9. The van der Waals surface area contributed by atoms with Crippen LogP contribution in [0.15, 0.2) is 0 Å². The molecule has 0 aromatic rings. The number of hydrogen-bond donors (Lipinski definition) is 1. The molecule has 1 aliphatic rings. The maximum atomic E-state index is 4.25. The lowest BCUT2D eigenvalue weighted by Crippen LogP contribution is -2.32. The van der Waals surface area contributed by atoms with Crippen molar-refractivity contribution in [3.63, 3.8) is 0 Å². The van der Waals surface area contributed by atoms with Crippen molar-refractivity contribution in [1.82, 2.24) is 4.90 Å². The highest BCUT2D eigenvalue weighted by Gasteiger charge is 2.15. The maximum absolute atomic E-state index is 4.25. The van der Waals surface area contributed by atoms with Crippen LogP contribution in [0.5, 0.6) is 0 Å². The third kappa shape index (κ3) is 6.15. The zero-order valence-corrected chi connectivity index (χ0v) is 11.9. The van der Waals surface area contributed by atoms with Crippen molar-refractivity contribution in [3.8, 4) is 0 Å². The standard InChI is InChI=1S/C14H29NS/c1-15(12-8-4-5-9-13-16)14-10-6-2-3-7-11-14/h14,16H,2-13H2,1H3. The molecule has 1 aliphatic carbocycles. The molecule has 0 unspecified atom stereocenters. The Hall–Kier alpha value is 0.310. The summed E-state index contributed by atoms with van der Waals surface area (Å²) in [6.07, 6.45) is 14.1. The second-order valence-electron chi connectivity index (χ2n) is 5.26. The van der Waals surface area contributed by atoms with Gasteiger partial charge >= 0.3 is 0 Å². The molecule has 0 N–H and O–H groups in total. The van der Waals surface area contributed by atoms with Gasteiger partial charge in [-0.05, 0) is 45.0 Å². The molecule has 0 amide bonds. The number of unbranched alkanes of at least 4 members (excludes halogenated alkanes) is 3. The number of nitrogens with zero attached hydrogens (tertiary/aromatic N) is 1. The van der Waals surface area contributed by atoms with Crippen molar-refractivity contribution < 1.29 is 0 Å². The summed E-state index contributed by atoms with van der Waals surface area (Å²) in [5.74, 6) is 1.05. The summed E-state index contributed by atoms with van der Waals surface area (Å²) in [6.45, 7) is 1.30. The molecule has 0 heterocycles. The smallest absolute Gasteiger partial charge is 0.00922 e. The zero-order chi connectivity index (χ0) is 11.6. The van der Waals surface area contributed by atoms with E-state index >= 15 is 0 Å². The number of thiol groups is 1. The van der Waals surface area contributed by atoms with E-state index < -0.39 is 0 Å². The summed E-state index contributed by atoms with van der Waals surface area (Å²) in [5, 5.41) is 0. The van der Waals surface area contributed by atoms with Crippen molar-refractivity contribution in [2.24, 2.45) is 0 Å². The van der Waals surface area contributed by atoms with Crippen molar-refractivity contribution >= 4 is 12.6 Å². The van der Waals surface area contributed by atoms with Crippen LogP contribution in [0, 0.1) is 0 Å². The summed E-state index contributed by atoms with van der Waals surface area (Å²) < 4.78 is 0. The SMILES string of the molecule is CN(CCCCCCS)C1CCCCCC1. The third-order valence-electron chi connectivity index (χ3n) is 3.87. The Bertz CT molecular complexity index is 153. The Labute approximate surface area is 107 Å².